The maximum Gasteiger partial charge on any atom is 0.112 e. The number of H-pyrrole nitrogens is 1. The van der Waals surface area contributed by atoms with Crippen molar-refractivity contribution in [3.8, 4) is 22.5 Å². The fourth-order valence-electron chi connectivity index (χ4n) is 2.75. The zero-order valence-electron chi connectivity index (χ0n) is 13.2. The molecule has 0 saturated carbocycles. The van der Waals surface area contributed by atoms with Crippen LogP contribution in [0.15, 0.2) is 66.0 Å². The zero-order chi connectivity index (χ0) is 17.2. The number of halogens is 2. The fraction of sp³-hybridized carbons (Fsp3) is 0.0500. The summed E-state index contributed by atoms with van der Waals surface area (Å²) < 4.78 is 0. The monoisotopic (exact) mass is 384 g/mol. The average molecular weight is 385 g/mol. The van der Waals surface area contributed by atoms with Gasteiger partial charge in [0.05, 0.1) is 21.4 Å². The lowest BCUT2D eigenvalue weighted by Gasteiger charge is -2.04. The van der Waals surface area contributed by atoms with Crippen LogP contribution >= 0.6 is 34.5 Å². The van der Waals surface area contributed by atoms with Gasteiger partial charge in [0.15, 0.2) is 0 Å². The molecule has 0 unspecified atom stereocenters. The van der Waals surface area contributed by atoms with Crippen LogP contribution in [0.3, 0.4) is 0 Å². The summed E-state index contributed by atoms with van der Waals surface area (Å²) in [6.07, 6.45) is 0.777. The molecular weight excluding hydrogens is 371 g/mol. The molecule has 0 saturated heterocycles. The highest BCUT2D eigenvalue weighted by atomic mass is 35.5. The van der Waals surface area contributed by atoms with Crippen molar-refractivity contribution < 1.29 is 0 Å². The highest BCUT2D eigenvalue weighted by molar-refractivity contribution is 7.09. The first-order valence-corrected chi connectivity index (χ1v) is 9.46. The van der Waals surface area contributed by atoms with Crippen molar-refractivity contribution in [2.75, 3.05) is 0 Å². The van der Waals surface area contributed by atoms with Gasteiger partial charge in [0, 0.05) is 22.4 Å². The average Bonchev–Trinajstić information content (AvgIpc) is 3.28. The molecule has 2 heterocycles. The second-order valence-corrected chi connectivity index (χ2v) is 7.50. The number of hydrogen-bond donors (Lipinski definition) is 1. The molecule has 0 radical (unpaired) electrons. The van der Waals surface area contributed by atoms with Crippen molar-refractivity contribution in [1.82, 2.24) is 9.97 Å². The highest BCUT2D eigenvalue weighted by Crippen LogP contribution is 2.34. The lowest BCUT2D eigenvalue weighted by atomic mass is 10.1. The van der Waals surface area contributed by atoms with E-state index >= 15 is 0 Å². The van der Waals surface area contributed by atoms with Gasteiger partial charge in [-0.3, -0.25) is 0 Å². The van der Waals surface area contributed by atoms with Gasteiger partial charge < -0.3 is 4.98 Å². The topological polar surface area (TPSA) is 28.7 Å². The van der Waals surface area contributed by atoms with Crippen LogP contribution in [-0.4, -0.2) is 9.97 Å². The molecule has 124 valence electrons. The molecule has 1 N–H and O–H groups in total. The fourth-order valence-corrected chi connectivity index (χ4v) is 3.76. The second kappa shape index (κ2) is 7.04. The van der Waals surface area contributed by atoms with Crippen LogP contribution in [0.25, 0.3) is 22.5 Å². The molecule has 4 rings (SSSR count). The highest BCUT2D eigenvalue weighted by Gasteiger charge is 2.15. The molecule has 0 bridgehead atoms. The standard InChI is InChI=1S/C20H14Cl2N2S/c21-16-9-8-14(11-17(16)22)20-19(13-5-2-1-3-6-13)23-18(24-20)12-15-7-4-10-25-15/h1-11H,12H2,(H,23,24). The third-order valence-electron chi connectivity index (χ3n) is 3.93. The number of imidazole rings is 1. The number of nitrogens with zero attached hydrogens (tertiary/aromatic N) is 1. The van der Waals surface area contributed by atoms with Crippen molar-refractivity contribution in [3.63, 3.8) is 0 Å². The van der Waals surface area contributed by atoms with Gasteiger partial charge >= 0.3 is 0 Å². The molecule has 2 aromatic heterocycles. The summed E-state index contributed by atoms with van der Waals surface area (Å²) in [5.74, 6) is 0.933. The minimum absolute atomic E-state index is 0.529. The second-order valence-electron chi connectivity index (χ2n) is 5.66. The summed E-state index contributed by atoms with van der Waals surface area (Å²) >= 11 is 14.0. The van der Waals surface area contributed by atoms with E-state index in [1.165, 1.54) is 4.88 Å². The molecular formula is C20H14Cl2N2S. The summed E-state index contributed by atoms with van der Waals surface area (Å²) in [5.41, 5.74) is 3.91. The van der Waals surface area contributed by atoms with E-state index in [1.807, 2.05) is 36.4 Å². The SMILES string of the molecule is Clc1ccc(-c2nc(Cc3cccs3)[nH]c2-c2ccccc2)cc1Cl. The van der Waals surface area contributed by atoms with Gasteiger partial charge in [-0.25, -0.2) is 4.98 Å². The molecule has 0 atom stereocenters. The van der Waals surface area contributed by atoms with Crippen molar-refractivity contribution >= 4 is 34.5 Å². The van der Waals surface area contributed by atoms with Crippen LogP contribution in [-0.2, 0) is 6.42 Å². The van der Waals surface area contributed by atoms with Crippen LogP contribution in [0.2, 0.25) is 10.0 Å². The van der Waals surface area contributed by atoms with Gasteiger partial charge in [0.25, 0.3) is 0 Å². The Morgan fingerprint density at radius 2 is 1.72 bits per heavy atom. The Balaban J connectivity index is 1.82. The van der Waals surface area contributed by atoms with Gasteiger partial charge in [0.1, 0.15) is 5.82 Å². The number of hydrogen-bond acceptors (Lipinski definition) is 2. The van der Waals surface area contributed by atoms with E-state index in [1.54, 1.807) is 11.3 Å². The Kier molecular flexibility index (Phi) is 4.62. The van der Waals surface area contributed by atoms with E-state index in [0.717, 1.165) is 34.8 Å². The van der Waals surface area contributed by atoms with Crippen molar-refractivity contribution in [2.45, 2.75) is 6.42 Å². The van der Waals surface area contributed by atoms with Gasteiger partial charge in [-0.2, -0.15) is 0 Å². The normalized spacial score (nSPS) is 11.0. The molecule has 25 heavy (non-hydrogen) atoms. The van der Waals surface area contributed by atoms with E-state index in [0.29, 0.717) is 10.0 Å². The Bertz CT molecular complexity index is 992. The molecule has 0 spiro atoms. The van der Waals surface area contributed by atoms with E-state index in [9.17, 15) is 0 Å². The lowest BCUT2D eigenvalue weighted by Crippen LogP contribution is -1.87. The first-order chi connectivity index (χ1) is 12.2. The van der Waals surface area contributed by atoms with Crippen molar-refractivity contribution in [3.05, 3.63) is 86.8 Å². The third kappa shape index (κ3) is 3.49. The number of thiophene rings is 1. The third-order valence-corrected chi connectivity index (χ3v) is 5.55. The van der Waals surface area contributed by atoms with Gasteiger partial charge in [-0.15, -0.1) is 11.3 Å². The maximum absolute atomic E-state index is 6.22. The largest absolute Gasteiger partial charge is 0.341 e. The molecule has 4 aromatic rings. The minimum atomic E-state index is 0.529. The number of benzene rings is 2. The van der Waals surface area contributed by atoms with Crippen LogP contribution in [0.5, 0.6) is 0 Å². The Hall–Kier alpha value is -2.07. The quantitative estimate of drug-likeness (QED) is 0.416. The number of aromatic nitrogens is 2. The van der Waals surface area contributed by atoms with Gasteiger partial charge in [-0.1, -0.05) is 65.7 Å². The Morgan fingerprint density at radius 3 is 2.44 bits per heavy atom. The van der Waals surface area contributed by atoms with Crippen molar-refractivity contribution in [1.29, 1.82) is 0 Å². The van der Waals surface area contributed by atoms with Gasteiger partial charge in [0.2, 0.25) is 0 Å². The Labute approximate surface area is 160 Å². The predicted octanol–water partition coefficient (Wildman–Crippen LogP) is 6.70. The van der Waals surface area contributed by atoms with Crippen molar-refractivity contribution in [2.24, 2.45) is 0 Å². The molecule has 0 aliphatic rings. The van der Waals surface area contributed by atoms with Gasteiger partial charge in [-0.05, 0) is 23.6 Å². The number of rotatable bonds is 4. The van der Waals surface area contributed by atoms with Crippen LogP contribution < -0.4 is 0 Å². The molecule has 2 aromatic carbocycles. The molecule has 0 amide bonds. The predicted molar refractivity (Wildman–Crippen MR) is 107 cm³/mol. The molecule has 2 nitrogen and oxygen atoms in total. The number of aromatic amines is 1. The molecule has 5 heteroatoms. The van der Waals surface area contributed by atoms with Crippen LogP contribution in [0.1, 0.15) is 10.7 Å². The Morgan fingerprint density at radius 1 is 0.880 bits per heavy atom. The van der Waals surface area contributed by atoms with E-state index in [2.05, 4.69) is 34.6 Å². The van der Waals surface area contributed by atoms with Crippen LogP contribution in [0.4, 0.5) is 0 Å². The minimum Gasteiger partial charge on any atom is -0.341 e. The lowest BCUT2D eigenvalue weighted by molar-refractivity contribution is 1.05. The van der Waals surface area contributed by atoms with E-state index in [4.69, 9.17) is 28.2 Å². The van der Waals surface area contributed by atoms with Crippen LogP contribution in [0, 0.1) is 0 Å². The summed E-state index contributed by atoms with van der Waals surface area (Å²) in [5, 5.41) is 3.15. The summed E-state index contributed by atoms with van der Waals surface area (Å²) in [6, 6.07) is 20.0. The first kappa shape index (κ1) is 16.4. The summed E-state index contributed by atoms with van der Waals surface area (Å²) in [7, 11) is 0. The van der Waals surface area contributed by atoms with E-state index < -0.39 is 0 Å². The van der Waals surface area contributed by atoms with E-state index in [-0.39, 0.29) is 0 Å². The molecule has 0 fully saturated rings. The number of nitrogens with one attached hydrogen (secondary N) is 1. The zero-order valence-corrected chi connectivity index (χ0v) is 15.5. The molecule has 0 aliphatic heterocycles. The summed E-state index contributed by atoms with van der Waals surface area (Å²) in [6.45, 7) is 0. The molecule has 0 aliphatic carbocycles. The summed E-state index contributed by atoms with van der Waals surface area (Å²) in [4.78, 5) is 9.61. The smallest absolute Gasteiger partial charge is 0.112 e. The first-order valence-electron chi connectivity index (χ1n) is 7.83. The maximum atomic E-state index is 6.22.